The van der Waals surface area contributed by atoms with Gasteiger partial charge in [0.25, 0.3) is 0 Å². The van der Waals surface area contributed by atoms with Crippen LogP contribution in [-0.2, 0) is 9.59 Å². The molecule has 0 saturated carbocycles. The molecule has 0 unspecified atom stereocenters. The Morgan fingerprint density at radius 1 is 0.833 bits per heavy atom. The molecule has 24 heavy (non-hydrogen) atoms. The molecule has 0 spiro atoms. The van der Waals surface area contributed by atoms with E-state index in [1.165, 1.54) is 0 Å². The van der Waals surface area contributed by atoms with Crippen molar-refractivity contribution < 1.29 is 23.8 Å². The van der Waals surface area contributed by atoms with Gasteiger partial charge in [-0.15, -0.1) is 0 Å². The minimum Gasteiger partial charge on any atom is -0.490 e. The first-order valence-electron chi connectivity index (χ1n) is 8.79. The largest absolute Gasteiger partial charge is 0.490 e. The standard InChI is InChI=1S/C19H28O5/c1-4-7-8-14-22-15-12-9-13-16(23-17(20)10-5-2)19(15)24-18(21)11-6-3/h9,12-13H,4-8,10-11,14H2,1-3H3. The highest BCUT2D eigenvalue weighted by Gasteiger charge is 2.18. The number of hydrogen-bond acceptors (Lipinski definition) is 5. The smallest absolute Gasteiger partial charge is 0.311 e. The van der Waals surface area contributed by atoms with Crippen LogP contribution in [0.1, 0.15) is 65.7 Å². The molecule has 0 bridgehead atoms. The van der Waals surface area contributed by atoms with Crippen molar-refractivity contribution in [2.75, 3.05) is 6.61 Å². The third-order valence-corrected chi connectivity index (χ3v) is 3.30. The van der Waals surface area contributed by atoms with Gasteiger partial charge in [-0.2, -0.15) is 0 Å². The summed E-state index contributed by atoms with van der Waals surface area (Å²) in [5.41, 5.74) is 0. The lowest BCUT2D eigenvalue weighted by atomic mass is 10.2. The van der Waals surface area contributed by atoms with E-state index in [9.17, 15) is 9.59 Å². The molecule has 0 atom stereocenters. The van der Waals surface area contributed by atoms with Crippen LogP contribution in [0.5, 0.6) is 17.2 Å². The summed E-state index contributed by atoms with van der Waals surface area (Å²) in [4.78, 5) is 23.7. The summed E-state index contributed by atoms with van der Waals surface area (Å²) in [5.74, 6) is 0.128. The van der Waals surface area contributed by atoms with E-state index in [1.54, 1.807) is 18.2 Å². The highest BCUT2D eigenvalue weighted by atomic mass is 16.6. The van der Waals surface area contributed by atoms with E-state index in [4.69, 9.17) is 14.2 Å². The number of para-hydroxylation sites is 1. The van der Waals surface area contributed by atoms with Crippen LogP contribution >= 0.6 is 0 Å². The van der Waals surface area contributed by atoms with Crippen LogP contribution in [0, 0.1) is 0 Å². The zero-order valence-corrected chi connectivity index (χ0v) is 14.9. The Kier molecular flexibility index (Phi) is 9.58. The van der Waals surface area contributed by atoms with Gasteiger partial charge >= 0.3 is 11.9 Å². The number of benzene rings is 1. The van der Waals surface area contributed by atoms with Gasteiger partial charge in [-0.05, 0) is 31.4 Å². The first-order chi connectivity index (χ1) is 11.6. The number of unbranched alkanes of at least 4 members (excludes halogenated alkanes) is 2. The number of esters is 2. The van der Waals surface area contributed by atoms with Gasteiger partial charge in [0, 0.05) is 12.8 Å². The van der Waals surface area contributed by atoms with Crippen LogP contribution < -0.4 is 14.2 Å². The van der Waals surface area contributed by atoms with Crippen LogP contribution in [-0.4, -0.2) is 18.5 Å². The summed E-state index contributed by atoms with van der Waals surface area (Å²) in [5, 5.41) is 0. The second-order valence-corrected chi connectivity index (χ2v) is 5.59. The third-order valence-electron chi connectivity index (χ3n) is 3.30. The summed E-state index contributed by atoms with van der Waals surface area (Å²) >= 11 is 0. The van der Waals surface area contributed by atoms with Crippen molar-refractivity contribution in [2.45, 2.75) is 65.7 Å². The van der Waals surface area contributed by atoms with Crippen molar-refractivity contribution >= 4 is 11.9 Å². The molecule has 0 radical (unpaired) electrons. The maximum absolute atomic E-state index is 11.9. The number of hydrogen-bond donors (Lipinski definition) is 0. The predicted molar refractivity (Wildman–Crippen MR) is 92.5 cm³/mol. The van der Waals surface area contributed by atoms with Crippen molar-refractivity contribution in [3.63, 3.8) is 0 Å². The summed E-state index contributed by atoms with van der Waals surface area (Å²) in [7, 11) is 0. The third kappa shape index (κ3) is 7.02. The van der Waals surface area contributed by atoms with E-state index in [0.29, 0.717) is 38.0 Å². The predicted octanol–water partition coefficient (Wildman–Crippen LogP) is 4.67. The summed E-state index contributed by atoms with van der Waals surface area (Å²) in [6.07, 6.45) is 5.06. The molecule has 0 aliphatic heterocycles. The van der Waals surface area contributed by atoms with Crippen LogP contribution in [0.4, 0.5) is 0 Å². The van der Waals surface area contributed by atoms with Crippen LogP contribution in [0.15, 0.2) is 18.2 Å². The van der Waals surface area contributed by atoms with Gasteiger partial charge in [-0.1, -0.05) is 39.7 Å². The van der Waals surface area contributed by atoms with Crippen LogP contribution in [0.25, 0.3) is 0 Å². The zero-order chi connectivity index (χ0) is 17.8. The molecule has 0 aliphatic carbocycles. The monoisotopic (exact) mass is 336 g/mol. The van der Waals surface area contributed by atoms with Crippen molar-refractivity contribution in [3.05, 3.63) is 18.2 Å². The van der Waals surface area contributed by atoms with Crippen molar-refractivity contribution in [3.8, 4) is 17.2 Å². The Morgan fingerprint density at radius 3 is 2.08 bits per heavy atom. The molecule has 1 rings (SSSR count). The topological polar surface area (TPSA) is 61.8 Å². The first-order valence-corrected chi connectivity index (χ1v) is 8.79. The molecule has 0 saturated heterocycles. The van der Waals surface area contributed by atoms with Gasteiger partial charge in [-0.3, -0.25) is 9.59 Å². The second kappa shape index (κ2) is 11.5. The van der Waals surface area contributed by atoms with E-state index in [2.05, 4.69) is 6.92 Å². The lowest BCUT2D eigenvalue weighted by Crippen LogP contribution is -2.13. The van der Waals surface area contributed by atoms with Crippen molar-refractivity contribution in [1.29, 1.82) is 0 Å². The zero-order valence-electron chi connectivity index (χ0n) is 14.9. The molecule has 0 N–H and O–H groups in total. The Balaban J connectivity index is 2.94. The molecule has 5 heteroatoms. The number of rotatable bonds is 11. The Labute approximate surface area is 144 Å². The molecule has 5 nitrogen and oxygen atoms in total. The molecule has 1 aromatic carbocycles. The molecule has 0 amide bonds. The lowest BCUT2D eigenvalue weighted by Gasteiger charge is -2.15. The molecule has 0 heterocycles. The summed E-state index contributed by atoms with van der Waals surface area (Å²) in [6.45, 7) is 6.44. The minimum absolute atomic E-state index is 0.192. The number of carbonyl (C=O) groups is 2. The van der Waals surface area contributed by atoms with Crippen molar-refractivity contribution in [2.24, 2.45) is 0 Å². The molecule has 134 valence electrons. The van der Waals surface area contributed by atoms with E-state index in [1.807, 2.05) is 13.8 Å². The number of ether oxygens (including phenoxy) is 3. The maximum Gasteiger partial charge on any atom is 0.311 e. The van der Waals surface area contributed by atoms with Gasteiger partial charge in [0.2, 0.25) is 5.75 Å². The van der Waals surface area contributed by atoms with E-state index < -0.39 is 0 Å². The van der Waals surface area contributed by atoms with Crippen LogP contribution in [0.2, 0.25) is 0 Å². The Morgan fingerprint density at radius 2 is 1.46 bits per heavy atom. The quantitative estimate of drug-likeness (QED) is 0.334. The Hall–Kier alpha value is -2.04. The maximum atomic E-state index is 11.9. The SMILES string of the molecule is CCCCCOc1cccc(OC(=O)CCC)c1OC(=O)CCC. The fraction of sp³-hybridized carbons (Fsp3) is 0.579. The van der Waals surface area contributed by atoms with Gasteiger partial charge in [0.1, 0.15) is 0 Å². The molecule has 1 aromatic rings. The first kappa shape index (κ1) is 20.0. The highest BCUT2D eigenvalue weighted by Crippen LogP contribution is 2.38. The second-order valence-electron chi connectivity index (χ2n) is 5.59. The Bertz CT molecular complexity index is 524. The van der Waals surface area contributed by atoms with Gasteiger partial charge in [-0.25, -0.2) is 0 Å². The van der Waals surface area contributed by atoms with E-state index in [-0.39, 0.29) is 23.4 Å². The summed E-state index contributed by atoms with van der Waals surface area (Å²) in [6, 6.07) is 5.06. The molecule has 0 fully saturated rings. The fourth-order valence-corrected chi connectivity index (χ4v) is 2.07. The molecule has 0 aliphatic rings. The molecule has 0 aromatic heterocycles. The molecular weight excluding hydrogens is 308 g/mol. The minimum atomic E-state index is -0.366. The highest BCUT2D eigenvalue weighted by molar-refractivity contribution is 5.77. The van der Waals surface area contributed by atoms with Gasteiger partial charge < -0.3 is 14.2 Å². The normalized spacial score (nSPS) is 10.3. The van der Waals surface area contributed by atoms with Crippen LogP contribution in [0.3, 0.4) is 0 Å². The average molecular weight is 336 g/mol. The van der Waals surface area contributed by atoms with Crippen molar-refractivity contribution in [1.82, 2.24) is 0 Å². The average Bonchev–Trinajstić information content (AvgIpc) is 2.54. The van der Waals surface area contributed by atoms with Gasteiger partial charge in [0.15, 0.2) is 11.5 Å². The van der Waals surface area contributed by atoms with Gasteiger partial charge in [0.05, 0.1) is 6.61 Å². The molecular formula is C19H28O5. The van der Waals surface area contributed by atoms with E-state index in [0.717, 1.165) is 19.3 Å². The van der Waals surface area contributed by atoms with E-state index >= 15 is 0 Å². The lowest BCUT2D eigenvalue weighted by molar-refractivity contribution is -0.137. The summed E-state index contributed by atoms with van der Waals surface area (Å²) < 4.78 is 16.5. The number of carbonyl (C=O) groups excluding carboxylic acids is 2. The fourth-order valence-electron chi connectivity index (χ4n) is 2.07.